The van der Waals surface area contributed by atoms with Gasteiger partial charge in [-0.25, -0.2) is 4.39 Å². The minimum Gasteiger partial charge on any atom is -0.349 e. The second-order valence-electron chi connectivity index (χ2n) is 8.25. The molecular weight excluding hydrogens is 369 g/mol. The van der Waals surface area contributed by atoms with E-state index in [0.29, 0.717) is 23.1 Å². The number of carbonyl (C=O) groups is 2. The Bertz CT molecular complexity index is 895. The molecule has 2 saturated carbocycles. The standard InChI is InChI=1S/C23H26FN3O2/c1-13(26-23(29)20-16-2-3-17(12-16)21(20)25)14-6-10-19(11-7-14)27-22(28)15-4-8-18(24)9-5-15/h4-11,13,16-17,20-21H,2-3,12,25H2,1H3,(H,26,29)(H,27,28). The van der Waals surface area contributed by atoms with Crippen LogP contribution in [0.2, 0.25) is 0 Å². The van der Waals surface area contributed by atoms with Gasteiger partial charge in [0.05, 0.1) is 12.0 Å². The largest absolute Gasteiger partial charge is 0.349 e. The van der Waals surface area contributed by atoms with E-state index in [1.807, 2.05) is 19.1 Å². The zero-order chi connectivity index (χ0) is 20.5. The number of anilines is 1. The Labute approximate surface area is 169 Å². The van der Waals surface area contributed by atoms with Crippen molar-refractivity contribution in [2.45, 2.75) is 38.3 Å². The van der Waals surface area contributed by atoms with E-state index in [9.17, 15) is 14.0 Å². The molecule has 2 aromatic rings. The van der Waals surface area contributed by atoms with Crippen LogP contribution in [0.15, 0.2) is 48.5 Å². The van der Waals surface area contributed by atoms with Crippen molar-refractivity contribution in [1.29, 1.82) is 0 Å². The summed E-state index contributed by atoms with van der Waals surface area (Å²) >= 11 is 0. The molecule has 5 nitrogen and oxygen atoms in total. The third-order valence-electron chi connectivity index (χ3n) is 6.42. The minimum atomic E-state index is -0.381. The maximum Gasteiger partial charge on any atom is 0.255 e. The van der Waals surface area contributed by atoms with Gasteiger partial charge in [0.15, 0.2) is 0 Å². The molecule has 6 heteroatoms. The van der Waals surface area contributed by atoms with Crippen molar-refractivity contribution in [3.63, 3.8) is 0 Å². The molecule has 2 bridgehead atoms. The van der Waals surface area contributed by atoms with Crippen LogP contribution < -0.4 is 16.4 Å². The first-order valence-electron chi connectivity index (χ1n) is 10.1. The Hall–Kier alpha value is -2.73. The predicted octanol–water partition coefficient (Wildman–Crippen LogP) is 3.63. The van der Waals surface area contributed by atoms with Gasteiger partial charge >= 0.3 is 0 Å². The van der Waals surface area contributed by atoms with E-state index in [2.05, 4.69) is 10.6 Å². The second kappa shape index (κ2) is 7.95. The molecule has 2 fully saturated rings. The zero-order valence-corrected chi connectivity index (χ0v) is 16.4. The monoisotopic (exact) mass is 395 g/mol. The van der Waals surface area contributed by atoms with Crippen LogP contribution >= 0.6 is 0 Å². The van der Waals surface area contributed by atoms with E-state index >= 15 is 0 Å². The molecule has 0 heterocycles. The lowest BCUT2D eigenvalue weighted by Gasteiger charge is -2.28. The topological polar surface area (TPSA) is 84.2 Å². The molecule has 5 unspecified atom stereocenters. The number of amides is 2. The van der Waals surface area contributed by atoms with E-state index in [1.165, 1.54) is 24.3 Å². The molecule has 2 amide bonds. The molecule has 2 aliphatic carbocycles. The van der Waals surface area contributed by atoms with Crippen molar-refractivity contribution < 1.29 is 14.0 Å². The van der Waals surface area contributed by atoms with Crippen molar-refractivity contribution >= 4 is 17.5 Å². The summed E-state index contributed by atoms with van der Waals surface area (Å²) < 4.78 is 13.0. The zero-order valence-electron chi connectivity index (χ0n) is 16.4. The highest BCUT2D eigenvalue weighted by Gasteiger charge is 2.49. The molecule has 0 spiro atoms. The molecular formula is C23H26FN3O2. The Kier molecular flexibility index (Phi) is 5.37. The fraction of sp³-hybridized carbons (Fsp3) is 0.391. The first-order valence-corrected chi connectivity index (χ1v) is 10.1. The van der Waals surface area contributed by atoms with Crippen LogP contribution in [0.4, 0.5) is 10.1 Å². The number of nitrogens with one attached hydrogen (secondary N) is 2. The van der Waals surface area contributed by atoms with Crippen molar-refractivity contribution in [3.05, 3.63) is 65.5 Å². The summed E-state index contributed by atoms with van der Waals surface area (Å²) in [5.41, 5.74) is 8.26. The van der Waals surface area contributed by atoms with Crippen molar-refractivity contribution in [1.82, 2.24) is 5.32 Å². The summed E-state index contributed by atoms with van der Waals surface area (Å²) in [4.78, 5) is 25.0. The molecule has 152 valence electrons. The van der Waals surface area contributed by atoms with Crippen LogP contribution in [0.25, 0.3) is 0 Å². The molecule has 0 radical (unpaired) electrons. The number of hydrogen-bond acceptors (Lipinski definition) is 3. The van der Waals surface area contributed by atoms with Crippen LogP contribution in [0, 0.1) is 23.6 Å². The molecule has 4 N–H and O–H groups in total. The molecule has 0 aliphatic heterocycles. The van der Waals surface area contributed by atoms with Crippen LogP contribution in [0.3, 0.4) is 0 Å². The lowest BCUT2D eigenvalue weighted by atomic mass is 9.84. The van der Waals surface area contributed by atoms with E-state index in [0.717, 1.165) is 24.8 Å². The van der Waals surface area contributed by atoms with Crippen LogP contribution in [0.1, 0.15) is 48.1 Å². The summed E-state index contributed by atoms with van der Waals surface area (Å²) in [5, 5.41) is 5.89. The number of halogens is 1. The van der Waals surface area contributed by atoms with Crippen molar-refractivity contribution in [2.75, 3.05) is 5.32 Å². The van der Waals surface area contributed by atoms with Gasteiger partial charge in [0.2, 0.25) is 5.91 Å². The summed E-state index contributed by atoms with van der Waals surface area (Å²) in [6.45, 7) is 1.95. The minimum absolute atomic E-state index is 0.0231. The molecule has 4 rings (SSSR count). The van der Waals surface area contributed by atoms with Gasteiger partial charge in [-0.05, 0) is 80.0 Å². The number of rotatable bonds is 5. The van der Waals surface area contributed by atoms with Gasteiger partial charge in [-0.1, -0.05) is 12.1 Å². The average Bonchev–Trinajstić information content (AvgIpc) is 3.30. The maximum atomic E-state index is 13.0. The number of nitrogens with two attached hydrogens (primary N) is 1. The number of hydrogen-bond donors (Lipinski definition) is 3. The lowest BCUT2D eigenvalue weighted by molar-refractivity contribution is -0.127. The molecule has 2 aromatic carbocycles. The molecule has 5 atom stereocenters. The quantitative estimate of drug-likeness (QED) is 0.723. The van der Waals surface area contributed by atoms with Gasteiger partial charge < -0.3 is 16.4 Å². The first-order chi connectivity index (χ1) is 13.9. The Morgan fingerprint density at radius 2 is 1.69 bits per heavy atom. The summed E-state index contributed by atoms with van der Waals surface area (Å²) in [6.07, 6.45) is 3.33. The van der Waals surface area contributed by atoms with Crippen LogP contribution in [-0.2, 0) is 4.79 Å². The van der Waals surface area contributed by atoms with E-state index < -0.39 is 0 Å². The Morgan fingerprint density at radius 3 is 2.31 bits per heavy atom. The summed E-state index contributed by atoms with van der Waals surface area (Å²) in [7, 11) is 0. The Morgan fingerprint density at radius 1 is 1.03 bits per heavy atom. The molecule has 0 aromatic heterocycles. The second-order valence-corrected chi connectivity index (χ2v) is 8.25. The predicted molar refractivity (Wildman–Crippen MR) is 110 cm³/mol. The third kappa shape index (κ3) is 4.03. The van der Waals surface area contributed by atoms with Crippen molar-refractivity contribution in [3.8, 4) is 0 Å². The highest BCUT2D eigenvalue weighted by molar-refractivity contribution is 6.04. The Balaban J connectivity index is 1.35. The van der Waals surface area contributed by atoms with E-state index in [4.69, 9.17) is 5.73 Å². The third-order valence-corrected chi connectivity index (χ3v) is 6.42. The highest BCUT2D eigenvalue weighted by atomic mass is 19.1. The van der Waals surface area contributed by atoms with E-state index in [-0.39, 0.29) is 35.6 Å². The normalized spacial score (nSPS) is 26.2. The average molecular weight is 395 g/mol. The number of carbonyl (C=O) groups excluding carboxylic acids is 2. The van der Waals surface area contributed by atoms with Gasteiger partial charge in [0, 0.05) is 17.3 Å². The SMILES string of the molecule is CC(NC(=O)C1C2CCC(C2)C1N)c1ccc(NC(=O)c2ccc(F)cc2)cc1. The van der Waals surface area contributed by atoms with Crippen LogP contribution in [-0.4, -0.2) is 17.9 Å². The molecule has 29 heavy (non-hydrogen) atoms. The summed E-state index contributed by atoms with van der Waals surface area (Å²) in [6, 6.07) is 12.6. The first kappa shape index (κ1) is 19.6. The maximum absolute atomic E-state index is 13.0. The fourth-order valence-corrected chi connectivity index (χ4v) is 4.78. The number of fused-ring (bicyclic) bond motifs is 2. The molecule has 2 aliphatic rings. The highest BCUT2D eigenvalue weighted by Crippen LogP contribution is 2.47. The molecule has 0 saturated heterocycles. The van der Waals surface area contributed by atoms with Gasteiger partial charge in [-0.2, -0.15) is 0 Å². The van der Waals surface area contributed by atoms with Crippen molar-refractivity contribution in [2.24, 2.45) is 23.5 Å². The van der Waals surface area contributed by atoms with Gasteiger partial charge in [-0.3, -0.25) is 9.59 Å². The van der Waals surface area contributed by atoms with Gasteiger partial charge in [0.25, 0.3) is 5.91 Å². The lowest BCUT2D eigenvalue weighted by Crippen LogP contribution is -2.45. The summed E-state index contributed by atoms with van der Waals surface area (Å²) in [5.74, 6) is 0.204. The van der Waals surface area contributed by atoms with E-state index in [1.54, 1.807) is 12.1 Å². The number of benzene rings is 2. The van der Waals surface area contributed by atoms with Gasteiger partial charge in [0.1, 0.15) is 5.82 Å². The smallest absolute Gasteiger partial charge is 0.255 e. The van der Waals surface area contributed by atoms with Crippen LogP contribution in [0.5, 0.6) is 0 Å². The van der Waals surface area contributed by atoms with Gasteiger partial charge in [-0.15, -0.1) is 0 Å². The fourth-order valence-electron chi connectivity index (χ4n) is 4.78.